The van der Waals surface area contributed by atoms with Crippen molar-refractivity contribution >= 4 is 5.82 Å². The maximum Gasteiger partial charge on any atom is 0.133 e. The Kier molecular flexibility index (Phi) is 5.38. The van der Waals surface area contributed by atoms with Crippen LogP contribution in [-0.4, -0.2) is 37.3 Å². The number of ether oxygens (including phenoxy) is 1. The van der Waals surface area contributed by atoms with Crippen molar-refractivity contribution in [3.8, 4) is 0 Å². The van der Waals surface area contributed by atoms with Gasteiger partial charge in [-0.3, -0.25) is 0 Å². The van der Waals surface area contributed by atoms with Crippen molar-refractivity contribution in [2.45, 2.75) is 51.8 Å². The number of likely N-dealkylation sites (N-methyl/N-ethyl adjacent to an activating group) is 1. The Morgan fingerprint density at radius 2 is 2.35 bits per heavy atom. The van der Waals surface area contributed by atoms with Gasteiger partial charge in [-0.2, -0.15) is 0 Å². The number of nitrogens with one attached hydrogen (secondary N) is 1. The fourth-order valence-electron chi connectivity index (χ4n) is 2.90. The lowest BCUT2D eigenvalue weighted by Gasteiger charge is -2.30. The van der Waals surface area contributed by atoms with Gasteiger partial charge in [0.15, 0.2) is 0 Å². The third-order valence-corrected chi connectivity index (χ3v) is 4.15. The first-order valence-corrected chi connectivity index (χ1v) is 7.67. The highest BCUT2D eigenvalue weighted by Gasteiger charge is 2.30. The fraction of sp³-hybridized carbons (Fsp3) is 0.688. The van der Waals surface area contributed by atoms with E-state index in [0.717, 1.165) is 31.8 Å². The maximum atomic E-state index is 5.69. The zero-order chi connectivity index (χ0) is 14.5. The van der Waals surface area contributed by atoms with Gasteiger partial charge in [0.05, 0.1) is 12.1 Å². The molecule has 1 N–H and O–H groups in total. The van der Waals surface area contributed by atoms with Crippen molar-refractivity contribution in [3.05, 3.63) is 23.9 Å². The molecule has 20 heavy (non-hydrogen) atoms. The zero-order valence-corrected chi connectivity index (χ0v) is 13.1. The molecule has 1 fully saturated rings. The molecule has 0 spiro atoms. The molecule has 1 aromatic rings. The van der Waals surface area contributed by atoms with Crippen LogP contribution in [0.5, 0.6) is 0 Å². The van der Waals surface area contributed by atoms with E-state index in [1.54, 1.807) is 0 Å². The molecule has 0 amide bonds. The van der Waals surface area contributed by atoms with E-state index in [1.165, 1.54) is 5.56 Å². The number of pyridine rings is 1. The maximum absolute atomic E-state index is 5.69. The molecule has 112 valence electrons. The van der Waals surface area contributed by atoms with E-state index < -0.39 is 0 Å². The molecule has 1 aliphatic heterocycles. The molecule has 4 heteroatoms. The summed E-state index contributed by atoms with van der Waals surface area (Å²) in [5.41, 5.74) is 1.27. The molecule has 3 atom stereocenters. The van der Waals surface area contributed by atoms with Gasteiger partial charge in [0.25, 0.3) is 0 Å². The Balaban J connectivity index is 2.18. The number of rotatable bonds is 6. The summed E-state index contributed by atoms with van der Waals surface area (Å²) in [6.07, 6.45) is 4.37. The molecule has 1 aliphatic rings. The van der Waals surface area contributed by atoms with Crippen molar-refractivity contribution in [1.29, 1.82) is 0 Å². The second kappa shape index (κ2) is 7.04. The van der Waals surface area contributed by atoms with Crippen molar-refractivity contribution in [3.63, 3.8) is 0 Å². The van der Waals surface area contributed by atoms with E-state index >= 15 is 0 Å². The SMILES string of the molecule is CCCNC(C)c1cccnc1N(C)C1CCOC1C. The van der Waals surface area contributed by atoms with Gasteiger partial charge >= 0.3 is 0 Å². The monoisotopic (exact) mass is 277 g/mol. The van der Waals surface area contributed by atoms with Gasteiger partial charge in [-0.1, -0.05) is 13.0 Å². The van der Waals surface area contributed by atoms with Crippen molar-refractivity contribution in [2.75, 3.05) is 25.1 Å². The average molecular weight is 277 g/mol. The van der Waals surface area contributed by atoms with Gasteiger partial charge in [-0.05, 0) is 39.3 Å². The lowest BCUT2D eigenvalue weighted by atomic mass is 10.1. The number of hydrogen-bond donors (Lipinski definition) is 1. The van der Waals surface area contributed by atoms with E-state index in [2.05, 4.69) is 49.1 Å². The molecule has 0 aromatic carbocycles. The average Bonchev–Trinajstić information content (AvgIpc) is 2.90. The van der Waals surface area contributed by atoms with Crippen LogP contribution in [0.2, 0.25) is 0 Å². The summed E-state index contributed by atoms with van der Waals surface area (Å²) < 4.78 is 5.69. The van der Waals surface area contributed by atoms with Crippen LogP contribution in [0.25, 0.3) is 0 Å². The molecular weight excluding hydrogens is 250 g/mol. The summed E-state index contributed by atoms with van der Waals surface area (Å²) in [5, 5.41) is 3.55. The number of nitrogens with zero attached hydrogens (tertiary/aromatic N) is 2. The first-order valence-electron chi connectivity index (χ1n) is 7.67. The van der Waals surface area contributed by atoms with Crippen LogP contribution < -0.4 is 10.2 Å². The molecule has 4 nitrogen and oxygen atoms in total. The van der Waals surface area contributed by atoms with Gasteiger partial charge in [0, 0.05) is 31.5 Å². The largest absolute Gasteiger partial charge is 0.376 e. The third kappa shape index (κ3) is 3.30. The molecule has 0 aliphatic carbocycles. The smallest absolute Gasteiger partial charge is 0.133 e. The Morgan fingerprint density at radius 3 is 3.00 bits per heavy atom. The van der Waals surface area contributed by atoms with Gasteiger partial charge < -0.3 is 15.0 Å². The van der Waals surface area contributed by atoms with Crippen LogP contribution in [0.15, 0.2) is 18.3 Å². The summed E-state index contributed by atoms with van der Waals surface area (Å²) in [4.78, 5) is 6.91. The molecule has 2 rings (SSSR count). The molecule has 0 saturated carbocycles. The van der Waals surface area contributed by atoms with Crippen molar-refractivity contribution < 1.29 is 4.74 Å². The summed E-state index contributed by atoms with van der Waals surface area (Å²) in [5.74, 6) is 1.07. The Hall–Kier alpha value is -1.13. The standard InChI is InChI=1S/C16H27N3O/c1-5-9-17-12(2)14-7-6-10-18-16(14)19(4)15-8-11-20-13(15)3/h6-7,10,12-13,15,17H,5,8-9,11H2,1-4H3. The van der Waals surface area contributed by atoms with E-state index in [9.17, 15) is 0 Å². The molecule has 2 heterocycles. The van der Waals surface area contributed by atoms with E-state index in [1.807, 2.05) is 12.3 Å². The molecule has 1 aromatic heterocycles. The van der Waals surface area contributed by atoms with Gasteiger partial charge in [0.1, 0.15) is 5.82 Å². The van der Waals surface area contributed by atoms with Crippen molar-refractivity contribution in [2.24, 2.45) is 0 Å². The first kappa shape index (κ1) is 15.3. The Morgan fingerprint density at radius 1 is 1.55 bits per heavy atom. The predicted octanol–water partition coefficient (Wildman–Crippen LogP) is 2.76. The second-order valence-electron chi connectivity index (χ2n) is 5.63. The summed E-state index contributed by atoms with van der Waals surface area (Å²) in [6.45, 7) is 8.42. The summed E-state index contributed by atoms with van der Waals surface area (Å²) in [7, 11) is 2.13. The zero-order valence-electron chi connectivity index (χ0n) is 13.1. The number of aromatic nitrogens is 1. The predicted molar refractivity (Wildman–Crippen MR) is 83.2 cm³/mol. The van der Waals surface area contributed by atoms with Gasteiger partial charge in [-0.25, -0.2) is 4.98 Å². The normalized spacial score (nSPS) is 23.8. The van der Waals surface area contributed by atoms with E-state index in [-0.39, 0.29) is 6.10 Å². The van der Waals surface area contributed by atoms with Crippen LogP contribution in [0.4, 0.5) is 5.82 Å². The Bertz CT molecular complexity index is 424. The lowest BCUT2D eigenvalue weighted by molar-refractivity contribution is 0.118. The molecule has 3 unspecified atom stereocenters. The van der Waals surface area contributed by atoms with Crippen molar-refractivity contribution in [1.82, 2.24) is 10.3 Å². The van der Waals surface area contributed by atoms with Gasteiger partial charge in [0.2, 0.25) is 0 Å². The molecule has 0 radical (unpaired) electrons. The van der Waals surface area contributed by atoms with Crippen LogP contribution >= 0.6 is 0 Å². The molecule has 1 saturated heterocycles. The number of hydrogen-bond acceptors (Lipinski definition) is 4. The van der Waals surface area contributed by atoms with Crippen LogP contribution in [0.1, 0.15) is 45.2 Å². The van der Waals surface area contributed by atoms with Crippen LogP contribution in [0.3, 0.4) is 0 Å². The van der Waals surface area contributed by atoms with E-state index in [4.69, 9.17) is 4.74 Å². The summed E-state index contributed by atoms with van der Waals surface area (Å²) in [6, 6.07) is 4.93. The minimum absolute atomic E-state index is 0.272. The highest BCUT2D eigenvalue weighted by molar-refractivity contribution is 5.49. The first-order chi connectivity index (χ1) is 9.65. The second-order valence-corrected chi connectivity index (χ2v) is 5.63. The van der Waals surface area contributed by atoms with Crippen LogP contribution in [0, 0.1) is 0 Å². The van der Waals surface area contributed by atoms with Gasteiger partial charge in [-0.15, -0.1) is 0 Å². The van der Waals surface area contributed by atoms with Crippen LogP contribution in [-0.2, 0) is 4.74 Å². The summed E-state index contributed by atoms with van der Waals surface area (Å²) >= 11 is 0. The topological polar surface area (TPSA) is 37.4 Å². The quantitative estimate of drug-likeness (QED) is 0.867. The molecular formula is C16H27N3O. The number of anilines is 1. The highest BCUT2D eigenvalue weighted by Crippen LogP contribution is 2.28. The highest BCUT2D eigenvalue weighted by atomic mass is 16.5. The minimum atomic E-state index is 0.272. The van der Waals surface area contributed by atoms with E-state index in [0.29, 0.717) is 12.1 Å². The Labute approximate surface area is 122 Å². The minimum Gasteiger partial charge on any atom is -0.376 e. The molecule has 0 bridgehead atoms. The fourth-order valence-corrected chi connectivity index (χ4v) is 2.90. The third-order valence-electron chi connectivity index (χ3n) is 4.15. The lowest BCUT2D eigenvalue weighted by Crippen LogP contribution is -2.38.